The van der Waals surface area contributed by atoms with Crippen molar-refractivity contribution in [2.24, 2.45) is 0 Å². The fourth-order valence-corrected chi connectivity index (χ4v) is 3.28. The van der Waals surface area contributed by atoms with Crippen molar-refractivity contribution >= 4 is 27.5 Å². The molecule has 1 aliphatic rings. The van der Waals surface area contributed by atoms with Gasteiger partial charge in [-0.25, -0.2) is 9.97 Å². The molecule has 112 valence electrons. The molecule has 0 bridgehead atoms. The van der Waals surface area contributed by atoms with Gasteiger partial charge >= 0.3 is 0 Å². The summed E-state index contributed by atoms with van der Waals surface area (Å²) in [5, 5.41) is 0.912. The maximum atomic E-state index is 12.1. The predicted molar refractivity (Wildman–Crippen MR) is 79.8 cm³/mol. The van der Waals surface area contributed by atoms with Gasteiger partial charge in [0.25, 0.3) is 5.91 Å². The minimum Gasteiger partial charge on any atom is -0.467 e. The number of aryl methyl sites for hydroxylation is 2. The summed E-state index contributed by atoms with van der Waals surface area (Å²) in [5.41, 5.74) is 1.12. The fourth-order valence-electron chi connectivity index (χ4n) is 2.29. The number of morpholine rings is 1. The lowest BCUT2D eigenvalue weighted by atomic mass is 10.2. The first-order valence-corrected chi connectivity index (χ1v) is 7.67. The number of ether oxygens (including phenoxy) is 2. The second kappa shape index (κ2) is 5.95. The molecule has 0 aliphatic carbocycles. The van der Waals surface area contributed by atoms with E-state index in [0.717, 1.165) is 15.8 Å². The predicted octanol–water partition coefficient (Wildman–Crippen LogP) is 1.55. The normalized spacial score (nSPS) is 15.4. The molecule has 0 spiro atoms. The van der Waals surface area contributed by atoms with Gasteiger partial charge in [0.2, 0.25) is 5.88 Å². The molecule has 7 heteroatoms. The maximum absolute atomic E-state index is 12.1. The van der Waals surface area contributed by atoms with Gasteiger partial charge in [0.15, 0.2) is 6.61 Å². The molecular weight excluding hydrogens is 290 g/mol. The van der Waals surface area contributed by atoms with Gasteiger partial charge in [-0.3, -0.25) is 4.79 Å². The van der Waals surface area contributed by atoms with E-state index in [1.165, 1.54) is 11.2 Å². The molecule has 0 radical (unpaired) electrons. The molecule has 2 aromatic rings. The highest BCUT2D eigenvalue weighted by Crippen LogP contribution is 2.33. The zero-order valence-corrected chi connectivity index (χ0v) is 12.9. The van der Waals surface area contributed by atoms with E-state index in [4.69, 9.17) is 9.47 Å². The largest absolute Gasteiger partial charge is 0.467 e. The van der Waals surface area contributed by atoms with Crippen molar-refractivity contribution in [3.05, 3.63) is 16.8 Å². The Bertz CT molecular complexity index is 665. The molecule has 1 amide bonds. The minimum absolute atomic E-state index is 0.000444. The first-order chi connectivity index (χ1) is 10.2. The standard InChI is InChI=1S/C14H17N3O3S/c1-9-10(2)21-14-12(9)13(15-8-16-14)20-7-11(18)17-3-5-19-6-4-17/h8H,3-7H2,1-2H3. The van der Waals surface area contributed by atoms with Gasteiger partial charge in [0.05, 0.1) is 18.6 Å². The quantitative estimate of drug-likeness (QED) is 0.861. The van der Waals surface area contributed by atoms with Gasteiger partial charge in [-0.15, -0.1) is 11.3 Å². The van der Waals surface area contributed by atoms with Crippen LogP contribution >= 0.6 is 11.3 Å². The number of carbonyl (C=O) groups is 1. The first kappa shape index (κ1) is 14.2. The van der Waals surface area contributed by atoms with Crippen molar-refractivity contribution in [1.82, 2.24) is 14.9 Å². The van der Waals surface area contributed by atoms with E-state index in [1.54, 1.807) is 16.2 Å². The van der Waals surface area contributed by atoms with Crippen molar-refractivity contribution in [3.8, 4) is 5.88 Å². The van der Waals surface area contributed by atoms with Gasteiger partial charge in [-0.05, 0) is 19.4 Å². The van der Waals surface area contributed by atoms with E-state index < -0.39 is 0 Å². The lowest BCUT2D eigenvalue weighted by molar-refractivity contribution is -0.137. The third kappa shape index (κ3) is 2.84. The molecule has 2 aromatic heterocycles. The van der Waals surface area contributed by atoms with Gasteiger partial charge in [-0.2, -0.15) is 0 Å². The summed E-state index contributed by atoms with van der Waals surface area (Å²) in [4.78, 5) is 24.4. The van der Waals surface area contributed by atoms with Crippen molar-refractivity contribution < 1.29 is 14.3 Å². The summed E-state index contributed by atoms with van der Waals surface area (Å²) in [6, 6.07) is 0. The zero-order valence-electron chi connectivity index (χ0n) is 12.1. The highest BCUT2D eigenvalue weighted by molar-refractivity contribution is 7.18. The topological polar surface area (TPSA) is 64.6 Å². The van der Waals surface area contributed by atoms with Gasteiger partial charge in [0, 0.05) is 18.0 Å². The summed E-state index contributed by atoms with van der Waals surface area (Å²) in [6.45, 7) is 6.49. The Labute approximate surface area is 126 Å². The van der Waals surface area contributed by atoms with E-state index >= 15 is 0 Å². The van der Waals surface area contributed by atoms with Gasteiger partial charge < -0.3 is 14.4 Å². The van der Waals surface area contributed by atoms with Crippen molar-refractivity contribution in [2.45, 2.75) is 13.8 Å². The summed E-state index contributed by atoms with van der Waals surface area (Å²) >= 11 is 1.61. The lowest BCUT2D eigenvalue weighted by Gasteiger charge is -2.26. The fraction of sp³-hybridized carbons (Fsp3) is 0.500. The monoisotopic (exact) mass is 307 g/mol. The van der Waals surface area contributed by atoms with Crippen LogP contribution in [0.1, 0.15) is 10.4 Å². The SMILES string of the molecule is Cc1sc2ncnc(OCC(=O)N3CCOCC3)c2c1C. The molecule has 0 saturated carbocycles. The average molecular weight is 307 g/mol. The van der Waals surface area contributed by atoms with Gasteiger partial charge in [-0.1, -0.05) is 0 Å². The Balaban J connectivity index is 1.74. The molecule has 3 heterocycles. The molecular formula is C14H17N3O3S. The number of fused-ring (bicyclic) bond motifs is 1. The second-order valence-electron chi connectivity index (χ2n) is 4.92. The minimum atomic E-state index is -0.0327. The van der Waals surface area contributed by atoms with Gasteiger partial charge in [0.1, 0.15) is 11.2 Å². The van der Waals surface area contributed by atoms with Crippen molar-refractivity contribution in [3.63, 3.8) is 0 Å². The molecule has 21 heavy (non-hydrogen) atoms. The highest BCUT2D eigenvalue weighted by atomic mass is 32.1. The maximum Gasteiger partial charge on any atom is 0.260 e. The molecule has 0 aromatic carbocycles. The third-order valence-corrected chi connectivity index (χ3v) is 4.74. The van der Waals surface area contributed by atoms with Crippen LogP contribution in [0.15, 0.2) is 6.33 Å². The van der Waals surface area contributed by atoms with Crippen LogP contribution < -0.4 is 4.74 Å². The number of hydrogen-bond donors (Lipinski definition) is 0. The number of carbonyl (C=O) groups excluding carboxylic acids is 1. The van der Waals surface area contributed by atoms with Crippen LogP contribution in [0.5, 0.6) is 5.88 Å². The van der Waals surface area contributed by atoms with Crippen LogP contribution in [-0.2, 0) is 9.53 Å². The zero-order chi connectivity index (χ0) is 14.8. The Kier molecular flexibility index (Phi) is 4.03. The number of hydrogen-bond acceptors (Lipinski definition) is 6. The van der Waals surface area contributed by atoms with Crippen LogP contribution in [0.2, 0.25) is 0 Å². The summed E-state index contributed by atoms with van der Waals surface area (Å²) < 4.78 is 10.9. The summed E-state index contributed by atoms with van der Waals surface area (Å²) in [5.74, 6) is 0.457. The Morgan fingerprint density at radius 3 is 2.90 bits per heavy atom. The van der Waals surface area contributed by atoms with Crippen LogP contribution in [0.4, 0.5) is 0 Å². The number of nitrogens with zero attached hydrogens (tertiary/aromatic N) is 3. The molecule has 1 fully saturated rings. The van der Waals surface area contributed by atoms with Crippen LogP contribution in [0, 0.1) is 13.8 Å². The Morgan fingerprint density at radius 2 is 2.14 bits per heavy atom. The third-order valence-electron chi connectivity index (χ3n) is 3.63. The average Bonchev–Trinajstić information content (AvgIpc) is 2.81. The molecule has 0 atom stereocenters. The van der Waals surface area contributed by atoms with Crippen molar-refractivity contribution in [2.75, 3.05) is 32.9 Å². The van der Waals surface area contributed by atoms with E-state index in [-0.39, 0.29) is 12.5 Å². The van der Waals surface area contributed by atoms with E-state index in [1.807, 2.05) is 13.8 Å². The second-order valence-corrected chi connectivity index (χ2v) is 6.13. The van der Waals surface area contributed by atoms with Crippen LogP contribution in [0.25, 0.3) is 10.2 Å². The van der Waals surface area contributed by atoms with E-state index in [9.17, 15) is 4.79 Å². The first-order valence-electron chi connectivity index (χ1n) is 6.86. The summed E-state index contributed by atoms with van der Waals surface area (Å²) in [7, 11) is 0. The lowest BCUT2D eigenvalue weighted by Crippen LogP contribution is -2.43. The number of thiophene rings is 1. The molecule has 0 unspecified atom stereocenters. The van der Waals surface area contributed by atoms with Crippen LogP contribution in [-0.4, -0.2) is 53.7 Å². The number of amides is 1. The molecule has 1 saturated heterocycles. The number of aromatic nitrogens is 2. The summed E-state index contributed by atoms with van der Waals surface area (Å²) in [6.07, 6.45) is 1.48. The molecule has 6 nitrogen and oxygen atoms in total. The van der Waals surface area contributed by atoms with Crippen molar-refractivity contribution in [1.29, 1.82) is 0 Å². The van der Waals surface area contributed by atoms with E-state index in [2.05, 4.69) is 9.97 Å². The highest BCUT2D eigenvalue weighted by Gasteiger charge is 2.19. The van der Waals surface area contributed by atoms with Crippen LogP contribution in [0.3, 0.4) is 0 Å². The molecule has 1 aliphatic heterocycles. The number of rotatable bonds is 3. The molecule has 3 rings (SSSR count). The Hall–Kier alpha value is -1.73. The molecule has 0 N–H and O–H groups in total. The smallest absolute Gasteiger partial charge is 0.260 e. The van der Waals surface area contributed by atoms with E-state index in [0.29, 0.717) is 32.2 Å². The Morgan fingerprint density at radius 1 is 1.38 bits per heavy atom.